The van der Waals surface area contributed by atoms with E-state index in [4.69, 9.17) is 16.0 Å². The molecule has 0 aliphatic rings. The Hall–Kier alpha value is -1.88. The minimum atomic E-state index is -0.375. The van der Waals surface area contributed by atoms with Crippen molar-refractivity contribution >= 4 is 17.5 Å². The van der Waals surface area contributed by atoms with Gasteiger partial charge in [-0.25, -0.2) is 0 Å². The molecule has 5 nitrogen and oxygen atoms in total. The van der Waals surface area contributed by atoms with Crippen molar-refractivity contribution in [3.05, 3.63) is 35.2 Å². The first-order valence-corrected chi connectivity index (χ1v) is 6.32. The Morgan fingerprint density at radius 3 is 2.79 bits per heavy atom. The number of hydrogen-bond acceptors (Lipinski definition) is 4. The van der Waals surface area contributed by atoms with E-state index in [1.54, 1.807) is 18.2 Å². The number of benzene rings is 1. The molecule has 0 aliphatic heterocycles. The Balaban J connectivity index is 2.15. The summed E-state index contributed by atoms with van der Waals surface area (Å²) in [6.45, 7) is 4.56. The maximum atomic E-state index is 11.7. The zero-order valence-corrected chi connectivity index (χ0v) is 11.4. The van der Waals surface area contributed by atoms with Crippen molar-refractivity contribution in [1.82, 2.24) is 15.5 Å². The van der Waals surface area contributed by atoms with Crippen LogP contribution in [0.1, 0.15) is 24.5 Å². The molecule has 6 heteroatoms. The SMILES string of the molecule is CC(C)CNC(=O)c1nnc(-c2ccccc2Cl)o1. The molecule has 100 valence electrons. The van der Waals surface area contributed by atoms with Gasteiger partial charge < -0.3 is 9.73 Å². The van der Waals surface area contributed by atoms with Crippen LogP contribution in [0.4, 0.5) is 0 Å². The number of aromatic nitrogens is 2. The predicted molar refractivity (Wildman–Crippen MR) is 71.9 cm³/mol. The topological polar surface area (TPSA) is 68.0 Å². The lowest BCUT2D eigenvalue weighted by atomic mass is 10.2. The van der Waals surface area contributed by atoms with Gasteiger partial charge in [-0.1, -0.05) is 37.6 Å². The molecule has 1 aromatic heterocycles. The zero-order chi connectivity index (χ0) is 13.8. The molecule has 19 heavy (non-hydrogen) atoms. The summed E-state index contributed by atoms with van der Waals surface area (Å²) in [5.41, 5.74) is 0.611. The van der Waals surface area contributed by atoms with Gasteiger partial charge in [-0.15, -0.1) is 10.2 Å². The van der Waals surface area contributed by atoms with E-state index >= 15 is 0 Å². The summed E-state index contributed by atoms with van der Waals surface area (Å²) in [5.74, 6) is 0.158. The van der Waals surface area contributed by atoms with E-state index < -0.39 is 0 Å². The molecule has 2 aromatic rings. The van der Waals surface area contributed by atoms with E-state index in [0.29, 0.717) is 23.0 Å². The average Bonchev–Trinajstić information content (AvgIpc) is 2.86. The summed E-state index contributed by atoms with van der Waals surface area (Å²) in [4.78, 5) is 11.7. The lowest BCUT2D eigenvalue weighted by Gasteiger charge is -2.04. The Morgan fingerprint density at radius 1 is 1.37 bits per heavy atom. The molecular formula is C13H14ClN3O2. The fraction of sp³-hybridized carbons (Fsp3) is 0.308. The average molecular weight is 280 g/mol. The Bertz CT molecular complexity index is 581. The van der Waals surface area contributed by atoms with Crippen molar-refractivity contribution in [2.45, 2.75) is 13.8 Å². The van der Waals surface area contributed by atoms with Gasteiger partial charge in [0.15, 0.2) is 0 Å². The van der Waals surface area contributed by atoms with E-state index in [1.165, 1.54) is 0 Å². The number of amides is 1. The molecule has 0 bridgehead atoms. The maximum absolute atomic E-state index is 11.7. The molecule has 0 saturated carbocycles. The van der Waals surface area contributed by atoms with Crippen LogP contribution in [-0.4, -0.2) is 22.6 Å². The third kappa shape index (κ3) is 3.32. The summed E-state index contributed by atoms with van der Waals surface area (Å²) in [6, 6.07) is 7.09. The number of carbonyl (C=O) groups excluding carboxylic acids is 1. The molecule has 1 heterocycles. The van der Waals surface area contributed by atoms with Crippen molar-refractivity contribution in [2.75, 3.05) is 6.54 Å². The number of nitrogens with one attached hydrogen (secondary N) is 1. The second kappa shape index (κ2) is 5.84. The van der Waals surface area contributed by atoms with Gasteiger partial charge in [0.1, 0.15) is 0 Å². The van der Waals surface area contributed by atoms with E-state index in [1.807, 2.05) is 19.9 Å². The number of halogens is 1. The first-order chi connectivity index (χ1) is 9.08. The summed E-state index contributed by atoms with van der Waals surface area (Å²) in [5, 5.41) is 10.8. The van der Waals surface area contributed by atoms with Gasteiger partial charge in [-0.2, -0.15) is 0 Å². The highest BCUT2D eigenvalue weighted by atomic mass is 35.5. The van der Waals surface area contributed by atoms with E-state index in [-0.39, 0.29) is 17.7 Å². The van der Waals surface area contributed by atoms with Crippen LogP contribution in [0.15, 0.2) is 28.7 Å². The third-order valence-electron chi connectivity index (χ3n) is 2.39. The van der Waals surface area contributed by atoms with Gasteiger partial charge in [0.25, 0.3) is 0 Å². The van der Waals surface area contributed by atoms with Crippen molar-refractivity contribution < 1.29 is 9.21 Å². The van der Waals surface area contributed by atoms with Crippen LogP contribution in [0.5, 0.6) is 0 Å². The molecule has 0 atom stereocenters. The summed E-state index contributed by atoms with van der Waals surface area (Å²) >= 11 is 6.02. The van der Waals surface area contributed by atoms with Crippen molar-refractivity contribution in [3.8, 4) is 11.5 Å². The summed E-state index contributed by atoms with van der Waals surface area (Å²) < 4.78 is 5.33. The Morgan fingerprint density at radius 2 is 2.11 bits per heavy atom. The van der Waals surface area contributed by atoms with Gasteiger partial charge in [0.05, 0.1) is 10.6 Å². The molecule has 2 rings (SSSR count). The van der Waals surface area contributed by atoms with Crippen LogP contribution in [0.3, 0.4) is 0 Å². The Labute approximate surface area is 116 Å². The van der Waals surface area contributed by atoms with Crippen LogP contribution < -0.4 is 5.32 Å². The number of rotatable bonds is 4. The van der Waals surface area contributed by atoms with E-state index in [9.17, 15) is 4.79 Å². The smallest absolute Gasteiger partial charge is 0.308 e. The zero-order valence-electron chi connectivity index (χ0n) is 10.7. The Kier molecular flexibility index (Phi) is 4.16. The monoisotopic (exact) mass is 279 g/mol. The largest absolute Gasteiger partial charge is 0.412 e. The molecular weight excluding hydrogens is 266 g/mol. The third-order valence-corrected chi connectivity index (χ3v) is 2.72. The standard InChI is InChI=1S/C13H14ClN3O2/c1-8(2)7-15-11(18)13-17-16-12(19-13)9-5-3-4-6-10(9)14/h3-6,8H,7H2,1-2H3,(H,15,18). The van der Waals surface area contributed by atoms with Crippen LogP contribution in [0, 0.1) is 5.92 Å². The normalized spacial score (nSPS) is 10.7. The predicted octanol–water partition coefficient (Wildman–Crippen LogP) is 2.78. The molecule has 0 unspecified atom stereocenters. The first-order valence-electron chi connectivity index (χ1n) is 5.94. The maximum Gasteiger partial charge on any atom is 0.308 e. The summed E-state index contributed by atoms with van der Waals surface area (Å²) in [6.07, 6.45) is 0. The number of carbonyl (C=O) groups is 1. The van der Waals surface area contributed by atoms with E-state index in [2.05, 4.69) is 15.5 Å². The lowest BCUT2D eigenvalue weighted by Crippen LogP contribution is -2.27. The molecule has 0 spiro atoms. The minimum Gasteiger partial charge on any atom is -0.412 e. The second-order valence-corrected chi connectivity index (χ2v) is 4.90. The second-order valence-electron chi connectivity index (χ2n) is 4.50. The van der Waals surface area contributed by atoms with E-state index in [0.717, 1.165) is 0 Å². The van der Waals surface area contributed by atoms with Crippen molar-refractivity contribution in [1.29, 1.82) is 0 Å². The van der Waals surface area contributed by atoms with Gasteiger partial charge in [-0.3, -0.25) is 4.79 Å². The number of nitrogens with zero attached hydrogens (tertiary/aromatic N) is 2. The summed E-state index contributed by atoms with van der Waals surface area (Å²) in [7, 11) is 0. The molecule has 0 saturated heterocycles. The fourth-order valence-corrected chi connectivity index (χ4v) is 1.65. The van der Waals surface area contributed by atoms with Gasteiger partial charge in [-0.05, 0) is 18.1 Å². The highest BCUT2D eigenvalue weighted by Crippen LogP contribution is 2.26. The number of hydrogen-bond donors (Lipinski definition) is 1. The highest BCUT2D eigenvalue weighted by Gasteiger charge is 2.17. The molecule has 1 amide bonds. The van der Waals surface area contributed by atoms with Gasteiger partial charge in [0, 0.05) is 6.54 Å². The van der Waals surface area contributed by atoms with Crippen molar-refractivity contribution in [3.63, 3.8) is 0 Å². The highest BCUT2D eigenvalue weighted by molar-refractivity contribution is 6.33. The lowest BCUT2D eigenvalue weighted by molar-refractivity contribution is 0.0915. The van der Waals surface area contributed by atoms with Crippen molar-refractivity contribution in [2.24, 2.45) is 5.92 Å². The van der Waals surface area contributed by atoms with Crippen LogP contribution in [-0.2, 0) is 0 Å². The van der Waals surface area contributed by atoms with Crippen LogP contribution in [0.2, 0.25) is 5.02 Å². The van der Waals surface area contributed by atoms with Gasteiger partial charge >= 0.3 is 11.8 Å². The molecule has 1 aromatic carbocycles. The molecule has 0 radical (unpaired) electrons. The minimum absolute atomic E-state index is 0.0597. The molecule has 1 N–H and O–H groups in total. The van der Waals surface area contributed by atoms with Crippen LogP contribution in [0.25, 0.3) is 11.5 Å². The van der Waals surface area contributed by atoms with Crippen LogP contribution >= 0.6 is 11.6 Å². The molecule has 0 fully saturated rings. The quantitative estimate of drug-likeness (QED) is 0.934. The molecule has 0 aliphatic carbocycles. The first kappa shape index (κ1) is 13.5. The van der Waals surface area contributed by atoms with Gasteiger partial charge in [0.2, 0.25) is 5.89 Å². The fourth-order valence-electron chi connectivity index (χ4n) is 1.43.